The highest BCUT2D eigenvalue weighted by Crippen LogP contribution is 2.40. The molecule has 0 aromatic heterocycles. The van der Waals surface area contributed by atoms with E-state index in [9.17, 15) is 4.79 Å². The molecule has 1 fully saturated rings. The molecule has 3 heteroatoms. The second kappa shape index (κ2) is 5.11. The van der Waals surface area contributed by atoms with Crippen LogP contribution in [0.1, 0.15) is 32.3 Å². The number of esters is 1. The summed E-state index contributed by atoms with van der Waals surface area (Å²) >= 11 is 0. The molecule has 98 valence electrons. The Bertz CT molecular complexity index is 418. The third kappa shape index (κ3) is 2.15. The Morgan fingerprint density at radius 2 is 2.11 bits per heavy atom. The van der Waals surface area contributed by atoms with Gasteiger partial charge in [-0.2, -0.15) is 0 Å². The van der Waals surface area contributed by atoms with Gasteiger partial charge in [-0.1, -0.05) is 37.3 Å². The van der Waals surface area contributed by atoms with Crippen molar-refractivity contribution in [2.45, 2.75) is 38.3 Å². The number of carbonyl (C=O) groups is 1. The highest BCUT2D eigenvalue weighted by Gasteiger charge is 2.47. The fraction of sp³-hybridized carbons (Fsp3) is 0.533. The molecular formula is C15H21NO2. The summed E-state index contributed by atoms with van der Waals surface area (Å²) in [5.41, 5.74) is 0.618. The SMILES string of the molecule is CCC(=O)O[C@]1(c2ccccc2)CCN(C)[C@H]1C. The summed E-state index contributed by atoms with van der Waals surface area (Å²) in [6.07, 6.45) is 1.28. The highest BCUT2D eigenvalue weighted by atomic mass is 16.6. The largest absolute Gasteiger partial charge is 0.452 e. The van der Waals surface area contributed by atoms with Crippen LogP contribution in [-0.4, -0.2) is 30.5 Å². The summed E-state index contributed by atoms with van der Waals surface area (Å²) in [4.78, 5) is 14.0. The van der Waals surface area contributed by atoms with Crippen LogP contribution in [-0.2, 0) is 15.1 Å². The number of ether oxygens (including phenoxy) is 1. The maximum Gasteiger partial charge on any atom is 0.306 e. The zero-order valence-corrected chi connectivity index (χ0v) is 11.3. The van der Waals surface area contributed by atoms with E-state index in [2.05, 4.69) is 31.0 Å². The summed E-state index contributed by atoms with van der Waals surface area (Å²) in [6, 6.07) is 10.3. The highest BCUT2D eigenvalue weighted by molar-refractivity contribution is 5.70. The van der Waals surface area contributed by atoms with Gasteiger partial charge in [0.15, 0.2) is 5.60 Å². The van der Waals surface area contributed by atoms with Gasteiger partial charge in [-0.3, -0.25) is 9.69 Å². The third-order valence-corrected chi connectivity index (χ3v) is 4.02. The summed E-state index contributed by atoms with van der Waals surface area (Å²) in [5, 5.41) is 0. The molecule has 0 spiro atoms. The third-order valence-electron chi connectivity index (χ3n) is 4.02. The lowest BCUT2D eigenvalue weighted by Crippen LogP contribution is -2.42. The van der Waals surface area contributed by atoms with Gasteiger partial charge in [-0.15, -0.1) is 0 Å². The fourth-order valence-electron chi connectivity index (χ4n) is 2.68. The van der Waals surface area contributed by atoms with Gasteiger partial charge in [-0.05, 0) is 19.5 Å². The number of hydrogen-bond donors (Lipinski definition) is 0. The van der Waals surface area contributed by atoms with Crippen LogP contribution in [0.4, 0.5) is 0 Å². The van der Waals surface area contributed by atoms with Crippen LogP contribution in [0.5, 0.6) is 0 Å². The molecule has 3 nitrogen and oxygen atoms in total. The molecule has 0 N–H and O–H groups in total. The van der Waals surface area contributed by atoms with Gasteiger partial charge >= 0.3 is 5.97 Å². The van der Waals surface area contributed by atoms with Gasteiger partial charge in [-0.25, -0.2) is 0 Å². The van der Waals surface area contributed by atoms with E-state index >= 15 is 0 Å². The van der Waals surface area contributed by atoms with Crippen molar-refractivity contribution in [1.82, 2.24) is 4.90 Å². The van der Waals surface area contributed by atoms with Crippen LogP contribution in [0.15, 0.2) is 30.3 Å². The van der Waals surface area contributed by atoms with Crippen molar-refractivity contribution in [2.75, 3.05) is 13.6 Å². The minimum atomic E-state index is -0.483. The molecule has 1 heterocycles. The lowest BCUT2D eigenvalue weighted by Gasteiger charge is -2.35. The van der Waals surface area contributed by atoms with Crippen molar-refractivity contribution in [2.24, 2.45) is 0 Å². The quantitative estimate of drug-likeness (QED) is 0.769. The molecule has 1 aromatic carbocycles. The molecule has 1 saturated heterocycles. The summed E-state index contributed by atoms with van der Waals surface area (Å²) in [6.45, 7) is 4.92. The van der Waals surface area contributed by atoms with E-state index in [1.54, 1.807) is 0 Å². The second-order valence-electron chi connectivity index (χ2n) is 4.99. The van der Waals surface area contributed by atoms with Crippen molar-refractivity contribution in [3.05, 3.63) is 35.9 Å². The van der Waals surface area contributed by atoms with E-state index in [-0.39, 0.29) is 12.0 Å². The summed E-state index contributed by atoms with van der Waals surface area (Å²) < 4.78 is 5.84. The number of carbonyl (C=O) groups excluding carboxylic acids is 1. The predicted molar refractivity (Wildman–Crippen MR) is 71.2 cm³/mol. The average Bonchev–Trinajstić information content (AvgIpc) is 2.69. The topological polar surface area (TPSA) is 29.5 Å². The van der Waals surface area contributed by atoms with Gasteiger partial charge < -0.3 is 4.74 Å². The van der Waals surface area contributed by atoms with Crippen molar-refractivity contribution in [3.8, 4) is 0 Å². The first kappa shape index (κ1) is 13.1. The van der Waals surface area contributed by atoms with E-state index in [1.807, 2.05) is 25.1 Å². The molecule has 1 aliphatic heterocycles. The van der Waals surface area contributed by atoms with Crippen molar-refractivity contribution >= 4 is 5.97 Å². The van der Waals surface area contributed by atoms with Crippen LogP contribution < -0.4 is 0 Å². The first-order valence-corrected chi connectivity index (χ1v) is 6.57. The molecule has 1 aliphatic rings. The van der Waals surface area contributed by atoms with Gasteiger partial charge in [0.05, 0.1) is 6.04 Å². The first-order valence-electron chi connectivity index (χ1n) is 6.57. The van der Waals surface area contributed by atoms with Crippen molar-refractivity contribution in [1.29, 1.82) is 0 Å². The van der Waals surface area contributed by atoms with Gasteiger partial charge in [0, 0.05) is 19.4 Å². The van der Waals surface area contributed by atoms with E-state index in [1.165, 1.54) is 0 Å². The van der Waals surface area contributed by atoms with E-state index < -0.39 is 5.60 Å². The van der Waals surface area contributed by atoms with Crippen LogP contribution in [0, 0.1) is 0 Å². The van der Waals surface area contributed by atoms with Gasteiger partial charge in [0.25, 0.3) is 0 Å². The second-order valence-corrected chi connectivity index (χ2v) is 4.99. The normalized spacial score (nSPS) is 28.3. The first-order chi connectivity index (χ1) is 8.60. The molecule has 0 radical (unpaired) electrons. The maximum atomic E-state index is 11.8. The summed E-state index contributed by atoms with van der Waals surface area (Å²) in [7, 11) is 2.08. The number of likely N-dealkylation sites (N-methyl/N-ethyl adjacent to an activating group) is 1. The molecule has 0 saturated carbocycles. The van der Waals surface area contributed by atoms with Crippen molar-refractivity contribution < 1.29 is 9.53 Å². The molecule has 0 bridgehead atoms. The molecule has 2 atom stereocenters. The molecule has 0 amide bonds. The lowest BCUT2D eigenvalue weighted by atomic mass is 9.87. The Balaban J connectivity index is 2.38. The average molecular weight is 247 g/mol. The summed E-state index contributed by atoms with van der Waals surface area (Å²) in [5.74, 6) is -0.124. The molecular weight excluding hydrogens is 226 g/mol. The van der Waals surface area contributed by atoms with E-state index in [0.29, 0.717) is 6.42 Å². The monoisotopic (exact) mass is 247 g/mol. The van der Waals surface area contributed by atoms with Crippen LogP contribution in [0.25, 0.3) is 0 Å². The Kier molecular flexibility index (Phi) is 3.71. The smallest absolute Gasteiger partial charge is 0.306 e. The Morgan fingerprint density at radius 1 is 1.44 bits per heavy atom. The van der Waals surface area contributed by atoms with E-state index in [0.717, 1.165) is 18.5 Å². The minimum absolute atomic E-state index is 0.124. The Morgan fingerprint density at radius 3 is 2.61 bits per heavy atom. The number of hydrogen-bond acceptors (Lipinski definition) is 3. The molecule has 0 unspecified atom stereocenters. The predicted octanol–water partition coefficient (Wildman–Crippen LogP) is 2.56. The fourth-order valence-corrected chi connectivity index (χ4v) is 2.68. The Labute approximate surface area is 109 Å². The van der Waals surface area contributed by atoms with E-state index in [4.69, 9.17) is 4.74 Å². The molecule has 0 aliphatic carbocycles. The maximum absolute atomic E-state index is 11.8. The minimum Gasteiger partial charge on any atom is -0.452 e. The van der Waals surface area contributed by atoms with Crippen molar-refractivity contribution in [3.63, 3.8) is 0 Å². The zero-order chi connectivity index (χ0) is 13.2. The lowest BCUT2D eigenvalue weighted by molar-refractivity contribution is -0.163. The number of benzene rings is 1. The standard InChI is InChI=1S/C15H21NO2/c1-4-14(17)18-15(10-11-16(3)12(15)2)13-8-6-5-7-9-13/h5-9,12H,4,10-11H2,1-3H3/t12-,15+/m0/s1. The number of rotatable bonds is 3. The zero-order valence-electron chi connectivity index (χ0n) is 11.3. The number of nitrogens with zero attached hydrogens (tertiary/aromatic N) is 1. The molecule has 1 aromatic rings. The Hall–Kier alpha value is -1.35. The van der Waals surface area contributed by atoms with Gasteiger partial charge in [0.1, 0.15) is 0 Å². The van der Waals surface area contributed by atoms with Crippen LogP contribution >= 0.6 is 0 Å². The van der Waals surface area contributed by atoms with Gasteiger partial charge in [0.2, 0.25) is 0 Å². The number of likely N-dealkylation sites (tertiary alicyclic amines) is 1. The molecule has 2 rings (SSSR count). The van der Waals surface area contributed by atoms with Crippen LogP contribution in [0.3, 0.4) is 0 Å². The van der Waals surface area contributed by atoms with Crippen LogP contribution in [0.2, 0.25) is 0 Å². The molecule has 18 heavy (non-hydrogen) atoms.